The van der Waals surface area contributed by atoms with E-state index in [0.717, 1.165) is 0 Å². The molecule has 1 unspecified atom stereocenters. The molecule has 0 radical (unpaired) electrons. The molecule has 0 saturated carbocycles. The number of hydrogen-bond donors (Lipinski definition) is 3. The van der Waals surface area contributed by atoms with Crippen LogP contribution in [0.25, 0.3) is 0 Å². The van der Waals surface area contributed by atoms with Gasteiger partial charge >= 0.3 is 0 Å². The van der Waals surface area contributed by atoms with Crippen LogP contribution >= 0.6 is 11.6 Å². The zero-order valence-electron chi connectivity index (χ0n) is 12.8. The van der Waals surface area contributed by atoms with Gasteiger partial charge in [-0.2, -0.15) is 0 Å². The number of benzene rings is 2. The van der Waals surface area contributed by atoms with E-state index in [1.165, 1.54) is 30.3 Å². The smallest absolute Gasteiger partial charge is 0.273 e. The summed E-state index contributed by atoms with van der Waals surface area (Å²) in [5.74, 6) is -2.24. The Balaban J connectivity index is 1.92. The van der Waals surface area contributed by atoms with Gasteiger partial charge in [0.25, 0.3) is 5.91 Å². The number of phenols is 1. The molecule has 0 saturated heterocycles. The second-order valence-corrected chi connectivity index (χ2v) is 5.78. The van der Waals surface area contributed by atoms with Crippen LogP contribution in [0.5, 0.6) is 5.75 Å². The standard InChI is InChI=1S/C17H16ClFN2O3/c1-10(7-11-3-2-4-13(19)8-11)16(23)20-21-17(24)14-9-12(18)5-6-15(14)22/h2-6,8-10,22H,7H2,1H3,(H,20,23)(H,21,24). The molecular formula is C17H16ClFN2O3. The molecule has 2 amide bonds. The average Bonchev–Trinajstić information content (AvgIpc) is 2.54. The first-order valence-electron chi connectivity index (χ1n) is 7.20. The summed E-state index contributed by atoms with van der Waals surface area (Å²) in [5.41, 5.74) is 5.11. The second kappa shape index (κ2) is 7.79. The van der Waals surface area contributed by atoms with Crippen LogP contribution in [0.15, 0.2) is 42.5 Å². The quantitative estimate of drug-likeness (QED) is 0.742. The molecule has 0 heterocycles. The molecule has 1 atom stereocenters. The molecule has 126 valence electrons. The maximum absolute atomic E-state index is 13.1. The lowest BCUT2D eigenvalue weighted by Crippen LogP contribution is -2.44. The molecule has 0 aliphatic rings. The number of carbonyl (C=O) groups is 2. The molecule has 0 spiro atoms. The highest BCUT2D eigenvalue weighted by Gasteiger charge is 2.16. The maximum atomic E-state index is 13.1. The molecular weight excluding hydrogens is 335 g/mol. The Labute approximate surface area is 143 Å². The summed E-state index contributed by atoms with van der Waals surface area (Å²) in [6.07, 6.45) is 0.321. The topological polar surface area (TPSA) is 78.4 Å². The number of hydrazine groups is 1. The summed E-state index contributed by atoms with van der Waals surface area (Å²) in [7, 11) is 0. The molecule has 0 aromatic heterocycles. The summed E-state index contributed by atoms with van der Waals surface area (Å²) in [5, 5.41) is 9.91. The Kier molecular flexibility index (Phi) is 5.76. The van der Waals surface area contributed by atoms with Gasteiger partial charge < -0.3 is 5.11 Å². The minimum Gasteiger partial charge on any atom is -0.507 e. The van der Waals surface area contributed by atoms with Crippen molar-refractivity contribution in [2.45, 2.75) is 13.3 Å². The molecule has 24 heavy (non-hydrogen) atoms. The first kappa shape index (κ1) is 17.7. The van der Waals surface area contributed by atoms with Gasteiger partial charge in [0, 0.05) is 10.9 Å². The number of phenolic OH excluding ortho intramolecular Hbond substituents is 1. The first-order valence-corrected chi connectivity index (χ1v) is 7.58. The Bertz CT molecular complexity index is 767. The minimum atomic E-state index is -0.693. The normalized spacial score (nSPS) is 11.6. The third-order valence-corrected chi connectivity index (χ3v) is 3.62. The molecule has 2 rings (SSSR count). The van der Waals surface area contributed by atoms with Crippen LogP contribution in [-0.4, -0.2) is 16.9 Å². The zero-order chi connectivity index (χ0) is 17.7. The predicted octanol–water partition coefficient (Wildman–Crippen LogP) is 2.82. The fourth-order valence-electron chi connectivity index (χ4n) is 2.11. The van der Waals surface area contributed by atoms with E-state index in [1.54, 1.807) is 19.1 Å². The number of halogens is 2. The molecule has 0 aliphatic heterocycles. The fraction of sp³-hybridized carbons (Fsp3) is 0.176. The molecule has 0 aliphatic carbocycles. The molecule has 2 aromatic rings. The number of aromatic hydroxyl groups is 1. The third-order valence-electron chi connectivity index (χ3n) is 3.38. The van der Waals surface area contributed by atoms with Crippen LogP contribution in [0.2, 0.25) is 5.02 Å². The summed E-state index contributed by atoms with van der Waals surface area (Å²) < 4.78 is 13.1. The summed E-state index contributed by atoms with van der Waals surface area (Å²) in [6, 6.07) is 9.97. The SMILES string of the molecule is CC(Cc1cccc(F)c1)C(=O)NNC(=O)c1cc(Cl)ccc1O. The number of rotatable bonds is 4. The number of hydrogen-bond acceptors (Lipinski definition) is 3. The van der Waals surface area contributed by atoms with Gasteiger partial charge in [0.1, 0.15) is 11.6 Å². The number of nitrogens with one attached hydrogen (secondary N) is 2. The fourth-order valence-corrected chi connectivity index (χ4v) is 2.28. The van der Waals surface area contributed by atoms with Crippen LogP contribution in [0.3, 0.4) is 0 Å². The van der Waals surface area contributed by atoms with Gasteiger partial charge in [-0.3, -0.25) is 20.4 Å². The molecule has 3 N–H and O–H groups in total. The molecule has 5 nitrogen and oxygen atoms in total. The predicted molar refractivity (Wildman–Crippen MR) is 88.0 cm³/mol. The van der Waals surface area contributed by atoms with E-state index in [-0.39, 0.29) is 22.2 Å². The van der Waals surface area contributed by atoms with E-state index in [0.29, 0.717) is 12.0 Å². The van der Waals surface area contributed by atoms with Gasteiger partial charge in [0.15, 0.2) is 0 Å². The highest BCUT2D eigenvalue weighted by molar-refractivity contribution is 6.31. The van der Waals surface area contributed by atoms with Gasteiger partial charge in [-0.05, 0) is 42.3 Å². The summed E-state index contributed by atoms with van der Waals surface area (Å²) in [4.78, 5) is 24.0. The lowest BCUT2D eigenvalue weighted by Gasteiger charge is -2.13. The number of amides is 2. The first-order chi connectivity index (χ1) is 11.4. The monoisotopic (exact) mass is 350 g/mol. The largest absolute Gasteiger partial charge is 0.507 e. The zero-order valence-corrected chi connectivity index (χ0v) is 13.6. The molecule has 7 heteroatoms. The van der Waals surface area contributed by atoms with Crippen LogP contribution < -0.4 is 10.9 Å². The van der Waals surface area contributed by atoms with Gasteiger partial charge in [-0.1, -0.05) is 30.7 Å². The van der Waals surface area contributed by atoms with E-state index >= 15 is 0 Å². The third kappa shape index (κ3) is 4.70. The molecule has 0 fully saturated rings. The Hall–Kier alpha value is -2.60. The molecule has 0 bridgehead atoms. The summed E-state index contributed by atoms with van der Waals surface area (Å²) in [6.45, 7) is 1.66. The van der Waals surface area contributed by atoms with Crippen molar-refractivity contribution in [3.05, 3.63) is 64.4 Å². The maximum Gasteiger partial charge on any atom is 0.273 e. The van der Waals surface area contributed by atoms with E-state index in [2.05, 4.69) is 10.9 Å². The van der Waals surface area contributed by atoms with Gasteiger partial charge in [0.05, 0.1) is 5.56 Å². The summed E-state index contributed by atoms with van der Waals surface area (Å²) >= 11 is 5.77. The van der Waals surface area contributed by atoms with Crippen molar-refractivity contribution in [1.82, 2.24) is 10.9 Å². The Morgan fingerprint density at radius 3 is 2.67 bits per heavy atom. The van der Waals surface area contributed by atoms with Crippen molar-refractivity contribution in [2.24, 2.45) is 5.92 Å². The van der Waals surface area contributed by atoms with E-state index < -0.39 is 17.7 Å². The van der Waals surface area contributed by atoms with Gasteiger partial charge in [-0.15, -0.1) is 0 Å². The highest BCUT2D eigenvalue weighted by atomic mass is 35.5. The lowest BCUT2D eigenvalue weighted by atomic mass is 10.0. The van der Waals surface area contributed by atoms with Crippen LogP contribution in [-0.2, 0) is 11.2 Å². The molecule has 2 aromatic carbocycles. The Morgan fingerprint density at radius 1 is 1.21 bits per heavy atom. The average molecular weight is 351 g/mol. The van der Waals surface area contributed by atoms with Gasteiger partial charge in [-0.25, -0.2) is 4.39 Å². The second-order valence-electron chi connectivity index (χ2n) is 5.34. The highest BCUT2D eigenvalue weighted by Crippen LogP contribution is 2.21. The van der Waals surface area contributed by atoms with E-state index in [4.69, 9.17) is 11.6 Å². The van der Waals surface area contributed by atoms with Crippen molar-refractivity contribution >= 4 is 23.4 Å². The van der Waals surface area contributed by atoms with Crippen molar-refractivity contribution in [2.75, 3.05) is 0 Å². The van der Waals surface area contributed by atoms with Crippen LogP contribution in [0.1, 0.15) is 22.8 Å². The Morgan fingerprint density at radius 2 is 1.96 bits per heavy atom. The van der Waals surface area contributed by atoms with E-state index in [9.17, 15) is 19.1 Å². The minimum absolute atomic E-state index is 0.0550. The lowest BCUT2D eigenvalue weighted by molar-refractivity contribution is -0.125. The van der Waals surface area contributed by atoms with Gasteiger partial charge in [0.2, 0.25) is 5.91 Å². The van der Waals surface area contributed by atoms with Crippen molar-refractivity contribution < 1.29 is 19.1 Å². The van der Waals surface area contributed by atoms with Crippen molar-refractivity contribution in [1.29, 1.82) is 0 Å². The van der Waals surface area contributed by atoms with Crippen molar-refractivity contribution in [3.8, 4) is 5.75 Å². The van der Waals surface area contributed by atoms with Crippen molar-refractivity contribution in [3.63, 3.8) is 0 Å². The van der Waals surface area contributed by atoms with Crippen LogP contribution in [0, 0.1) is 11.7 Å². The number of carbonyl (C=O) groups excluding carboxylic acids is 2. The van der Waals surface area contributed by atoms with Crippen LogP contribution in [0.4, 0.5) is 4.39 Å². The van der Waals surface area contributed by atoms with E-state index in [1.807, 2.05) is 0 Å².